The molecule has 1 nitrogen and oxygen atoms in total. The molecule has 0 rings (SSSR count). The molecule has 2 atom stereocenters. The number of hydrogen-bond acceptors (Lipinski definition) is 1. The van der Waals surface area contributed by atoms with Gasteiger partial charge in [-0.2, -0.15) is 0 Å². The predicted molar refractivity (Wildman–Crippen MR) is 86.1 cm³/mol. The summed E-state index contributed by atoms with van der Waals surface area (Å²) in [6.07, 6.45) is 1.02. The molecule has 0 N–H and O–H groups in total. The topological polar surface area (TPSA) is 9.23 Å². The van der Waals surface area contributed by atoms with Crippen LogP contribution in [0.4, 0.5) is 0 Å². The Balaban J connectivity index is 4.81. The number of rotatable bonds is 8. The first-order valence-electron chi connectivity index (χ1n) is 7.48. The van der Waals surface area contributed by atoms with Crippen LogP contribution in [0.25, 0.3) is 0 Å². The first-order valence-corrected chi connectivity index (χ1v) is 10.1. The van der Waals surface area contributed by atoms with Crippen molar-refractivity contribution in [1.29, 1.82) is 0 Å². The Morgan fingerprint density at radius 1 is 0.889 bits per heavy atom. The van der Waals surface area contributed by atoms with Gasteiger partial charge in [-0.25, -0.2) is 0 Å². The molecule has 0 unspecified atom stereocenters. The van der Waals surface area contributed by atoms with Gasteiger partial charge in [0.05, 0.1) is 0 Å². The Kier molecular flexibility index (Phi) is 8.12. The molecule has 0 amide bonds. The van der Waals surface area contributed by atoms with E-state index in [2.05, 4.69) is 55.4 Å². The minimum absolute atomic E-state index is 0.239. The normalized spacial score (nSPS) is 16.7. The second kappa shape index (κ2) is 7.91. The Morgan fingerprint density at radius 3 is 1.56 bits per heavy atom. The zero-order valence-electron chi connectivity index (χ0n) is 13.6. The fraction of sp³-hybridized carbons (Fsp3) is 1.00. The van der Waals surface area contributed by atoms with Crippen LogP contribution in [0, 0.1) is 5.92 Å². The zero-order chi connectivity index (χ0) is 14.5. The van der Waals surface area contributed by atoms with Crippen LogP contribution in [-0.2, 0) is 4.43 Å². The fourth-order valence-electron chi connectivity index (χ4n) is 3.28. The number of halogens is 1. The summed E-state index contributed by atoms with van der Waals surface area (Å²) in [7, 11) is -1.71. The largest absolute Gasteiger partial charge is 0.416 e. The van der Waals surface area contributed by atoms with E-state index in [1.165, 1.54) is 0 Å². The lowest BCUT2D eigenvalue weighted by molar-refractivity contribution is 0.224. The van der Waals surface area contributed by atoms with Gasteiger partial charge in [-0.1, -0.05) is 55.4 Å². The molecule has 18 heavy (non-hydrogen) atoms. The van der Waals surface area contributed by atoms with Gasteiger partial charge in [0.25, 0.3) is 0 Å². The summed E-state index contributed by atoms with van der Waals surface area (Å²) in [6.45, 7) is 19.1. The van der Waals surface area contributed by atoms with Gasteiger partial charge in [0.1, 0.15) is 0 Å². The summed E-state index contributed by atoms with van der Waals surface area (Å²) in [4.78, 5) is 0. The predicted octanol–water partition coefficient (Wildman–Crippen LogP) is 5.83. The second-order valence-corrected chi connectivity index (χ2v) is 12.6. The highest BCUT2D eigenvalue weighted by Gasteiger charge is 2.45. The standard InChI is InChI=1S/C15H33ClOSi/c1-9-15(16)14(8)10-17-18(11(2)3,12(4)5)13(6)7/h11-15H,9-10H2,1-8H3/t14-,15+/m1/s1. The zero-order valence-corrected chi connectivity index (χ0v) is 15.3. The third-order valence-corrected chi connectivity index (χ3v) is 11.1. The minimum atomic E-state index is -1.71. The molecule has 0 aliphatic heterocycles. The monoisotopic (exact) mass is 292 g/mol. The molecule has 0 aliphatic carbocycles. The highest BCUT2D eigenvalue weighted by Crippen LogP contribution is 2.42. The average Bonchev–Trinajstić information content (AvgIpc) is 2.26. The molecule has 110 valence electrons. The highest BCUT2D eigenvalue weighted by atomic mass is 35.5. The summed E-state index contributed by atoms with van der Waals surface area (Å²) >= 11 is 6.32. The molecular weight excluding hydrogens is 260 g/mol. The molecule has 3 heteroatoms. The van der Waals surface area contributed by atoms with Gasteiger partial charge >= 0.3 is 0 Å². The van der Waals surface area contributed by atoms with Crippen molar-refractivity contribution in [3.8, 4) is 0 Å². The smallest absolute Gasteiger partial charge is 0.200 e. The molecular formula is C15H33ClOSi. The van der Waals surface area contributed by atoms with E-state index in [0.29, 0.717) is 22.5 Å². The van der Waals surface area contributed by atoms with Gasteiger partial charge in [0.2, 0.25) is 0 Å². The molecule has 0 aliphatic rings. The van der Waals surface area contributed by atoms with Crippen LogP contribution in [0.15, 0.2) is 0 Å². The molecule has 0 radical (unpaired) electrons. The van der Waals surface area contributed by atoms with Gasteiger partial charge in [-0.15, -0.1) is 11.6 Å². The molecule has 0 saturated carbocycles. The van der Waals surface area contributed by atoms with Gasteiger partial charge in [0, 0.05) is 12.0 Å². The summed E-state index contributed by atoms with van der Waals surface area (Å²) in [5, 5.41) is 0.239. The van der Waals surface area contributed by atoms with Crippen molar-refractivity contribution in [2.75, 3.05) is 6.61 Å². The summed E-state index contributed by atoms with van der Waals surface area (Å²) in [5.41, 5.74) is 1.96. The molecule has 0 aromatic rings. The van der Waals surface area contributed by atoms with E-state index in [1.807, 2.05) is 0 Å². The number of hydrogen-bond donors (Lipinski definition) is 0. The second-order valence-electron chi connectivity index (χ2n) is 6.53. The van der Waals surface area contributed by atoms with Crippen molar-refractivity contribution in [1.82, 2.24) is 0 Å². The van der Waals surface area contributed by atoms with Gasteiger partial charge in [0.15, 0.2) is 8.32 Å². The van der Waals surface area contributed by atoms with E-state index >= 15 is 0 Å². The van der Waals surface area contributed by atoms with Crippen molar-refractivity contribution < 1.29 is 4.43 Å². The Bertz CT molecular complexity index is 207. The van der Waals surface area contributed by atoms with E-state index < -0.39 is 8.32 Å². The molecule has 0 heterocycles. The van der Waals surface area contributed by atoms with Crippen LogP contribution in [0.5, 0.6) is 0 Å². The van der Waals surface area contributed by atoms with Crippen LogP contribution in [0.3, 0.4) is 0 Å². The third-order valence-electron chi connectivity index (χ3n) is 4.31. The van der Waals surface area contributed by atoms with Gasteiger partial charge < -0.3 is 4.43 Å². The van der Waals surface area contributed by atoms with E-state index in [0.717, 1.165) is 13.0 Å². The summed E-state index contributed by atoms with van der Waals surface area (Å²) in [5.74, 6) is 0.444. The Morgan fingerprint density at radius 2 is 1.28 bits per heavy atom. The fourth-order valence-corrected chi connectivity index (χ4v) is 8.91. The maximum Gasteiger partial charge on any atom is 0.200 e. The van der Waals surface area contributed by atoms with Gasteiger partial charge in [-0.3, -0.25) is 0 Å². The average molecular weight is 293 g/mol. The maximum atomic E-state index is 6.55. The van der Waals surface area contributed by atoms with E-state index in [-0.39, 0.29) is 5.38 Å². The molecule has 0 saturated heterocycles. The maximum absolute atomic E-state index is 6.55. The molecule has 0 bridgehead atoms. The third kappa shape index (κ3) is 4.24. The van der Waals surface area contributed by atoms with Crippen LogP contribution in [-0.4, -0.2) is 20.3 Å². The Labute approximate surface area is 121 Å². The van der Waals surface area contributed by atoms with Crippen LogP contribution < -0.4 is 0 Å². The van der Waals surface area contributed by atoms with Crippen LogP contribution in [0.1, 0.15) is 61.8 Å². The summed E-state index contributed by atoms with van der Waals surface area (Å²) in [6, 6.07) is 0. The Hall–Kier alpha value is 0.467. The first-order chi connectivity index (χ1) is 8.20. The van der Waals surface area contributed by atoms with E-state index in [9.17, 15) is 0 Å². The van der Waals surface area contributed by atoms with E-state index in [1.54, 1.807) is 0 Å². The van der Waals surface area contributed by atoms with Gasteiger partial charge in [-0.05, 0) is 29.0 Å². The van der Waals surface area contributed by atoms with Crippen molar-refractivity contribution in [3.05, 3.63) is 0 Å². The lowest BCUT2D eigenvalue weighted by Crippen LogP contribution is -2.48. The molecule has 0 spiro atoms. The van der Waals surface area contributed by atoms with Crippen molar-refractivity contribution >= 4 is 19.9 Å². The van der Waals surface area contributed by atoms with Crippen LogP contribution >= 0.6 is 11.6 Å². The summed E-state index contributed by atoms with van der Waals surface area (Å²) < 4.78 is 6.55. The lowest BCUT2D eigenvalue weighted by atomic mass is 10.1. The van der Waals surface area contributed by atoms with Crippen molar-refractivity contribution in [3.63, 3.8) is 0 Å². The quantitative estimate of drug-likeness (QED) is 0.404. The molecule has 0 aromatic heterocycles. The SMILES string of the molecule is CC[C@H](Cl)[C@H](C)CO[Si](C(C)C)(C(C)C)C(C)C. The first kappa shape index (κ1) is 18.5. The minimum Gasteiger partial charge on any atom is -0.416 e. The number of alkyl halides is 1. The van der Waals surface area contributed by atoms with E-state index in [4.69, 9.17) is 16.0 Å². The molecule has 0 fully saturated rings. The lowest BCUT2D eigenvalue weighted by Gasteiger charge is -2.43. The van der Waals surface area contributed by atoms with Crippen molar-refractivity contribution in [2.45, 2.75) is 83.8 Å². The molecule has 0 aromatic carbocycles. The van der Waals surface area contributed by atoms with Crippen molar-refractivity contribution in [2.24, 2.45) is 5.92 Å². The van der Waals surface area contributed by atoms with Crippen LogP contribution in [0.2, 0.25) is 16.6 Å². The highest BCUT2D eigenvalue weighted by molar-refractivity contribution is 6.77.